The molecule has 25 heavy (non-hydrogen) atoms. The number of halogens is 1. The lowest BCUT2D eigenvalue weighted by atomic mass is 10.1. The fourth-order valence-electron chi connectivity index (χ4n) is 3.43. The van der Waals surface area contributed by atoms with E-state index in [4.69, 9.17) is 21.1 Å². The lowest BCUT2D eigenvalue weighted by Crippen LogP contribution is -2.31. The number of nitrogens with zero attached hydrogens (tertiary/aromatic N) is 1. The summed E-state index contributed by atoms with van der Waals surface area (Å²) >= 11 is 6.28. The Kier molecular flexibility index (Phi) is 4.30. The van der Waals surface area contributed by atoms with Crippen LogP contribution in [0.1, 0.15) is 30.4 Å². The Balaban J connectivity index is 1.45. The van der Waals surface area contributed by atoms with Crippen LogP contribution in [0.4, 0.5) is 0 Å². The maximum atomic E-state index is 12.9. The highest BCUT2D eigenvalue weighted by molar-refractivity contribution is 6.31. The highest BCUT2D eigenvalue weighted by Crippen LogP contribution is 2.50. The molecule has 2 aliphatic rings. The molecule has 1 aliphatic heterocycles. The fraction of sp³-hybridized carbons (Fsp3) is 0.350. The van der Waals surface area contributed by atoms with Crippen LogP contribution in [0.3, 0.4) is 0 Å². The Morgan fingerprint density at radius 2 is 2.00 bits per heavy atom. The van der Waals surface area contributed by atoms with Crippen molar-refractivity contribution >= 4 is 17.5 Å². The molecule has 2 atom stereocenters. The van der Waals surface area contributed by atoms with Crippen LogP contribution < -0.4 is 9.47 Å². The second-order valence-electron chi connectivity index (χ2n) is 6.51. The molecular formula is C20H20ClNO3. The van der Waals surface area contributed by atoms with Crippen molar-refractivity contribution in [2.75, 3.05) is 13.3 Å². The van der Waals surface area contributed by atoms with Gasteiger partial charge in [-0.3, -0.25) is 4.79 Å². The van der Waals surface area contributed by atoms with Crippen LogP contribution in [-0.4, -0.2) is 24.1 Å². The van der Waals surface area contributed by atoms with Gasteiger partial charge in [0.2, 0.25) is 12.7 Å². The molecule has 0 N–H and O–H groups in total. The summed E-state index contributed by atoms with van der Waals surface area (Å²) in [4.78, 5) is 14.8. The van der Waals surface area contributed by atoms with E-state index in [9.17, 15) is 4.79 Å². The van der Waals surface area contributed by atoms with Gasteiger partial charge in [-0.05, 0) is 48.6 Å². The number of carbonyl (C=O) groups is 1. The number of hydrogen-bond donors (Lipinski definition) is 0. The molecule has 1 saturated carbocycles. The molecule has 2 aromatic carbocycles. The topological polar surface area (TPSA) is 38.8 Å². The lowest BCUT2D eigenvalue weighted by Gasteiger charge is -2.21. The van der Waals surface area contributed by atoms with Crippen LogP contribution in [0.5, 0.6) is 11.5 Å². The smallest absolute Gasteiger partial charge is 0.231 e. The molecule has 4 rings (SSSR count). The molecule has 5 heteroatoms. The Hall–Kier alpha value is -2.20. The minimum atomic E-state index is 0.0360. The summed E-state index contributed by atoms with van der Waals surface area (Å²) in [5.41, 5.74) is 2.14. The first-order chi connectivity index (χ1) is 12.2. The highest BCUT2D eigenvalue weighted by Gasteiger charge is 2.46. The second-order valence-corrected chi connectivity index (χ2v) is 6.92. The summed E-state index contributed by atoms with van der Waals surface area (Å²) < 4.78 is 10.8. The van der Waals surface area contributed by atoms with Crippen LogP contribution in [0, 0.1) is 5.92 Å². The van der Waals surface area contributed by atoms with Crippen molar-refractivity contribution in [3.05, 3.63) is 58.6 Å². The molecule has 1 fully saturated rings. The number of carbonyl (C=O) groups excluding carboxylic acids is 1. The molecule has 4 nitrogen and oxygen atoms in total. The van der Waals surface area contributed by atoms with E-state index >= 15 is 0 Å². The molecule has 0 aromatic heterocycles. The third-order valence-electron chi connectivity index (χ3n) is 4.92. The molecule has 130 valence electrons. The Morgan fingerprint density at radius 3 is 2.80 bits per heavy atom. The SMILES string of the molecule is CCN(Cc1ccc2c(c1)OCO2)C(=O)C1CC1c1ccccc1Cl. The Labute approximate surface area is 152 Å². The molecule has 1 heterocycles. The molecule has 1 amide bonds. The van der Waals surface area contributed by atoms with Crippen molar-refractivity contribution < 1.29 is 14.3 Å². The molecule has 0 saturated heterocycles. The number of rotatable bonds is 5. The second kappa shape index (κ2) is 6.60. The van der Waals surface area contributed by atoms with E-state index in [0.717, 1.165) is 34.1 Å². The molecule has 0 spiro atoms. The molecule has 0 radical (unpaired) electrons. The average molecular weight is 358 g/mol. The van der Waals surface area contributed by atoms with Gasteiger partial charge >= 0.3 is 0 Å². The normalized spacial score (nSPS) is 20.4. The largest absolute Gasteiger partial charge is 0.454 e. The van der Waals surface area contributed by atoms with Crippen molar-refractivity contribution in [3.63, 3.8) is 0 Å². The molecular weight excluding hydrogens is 338 g/mol. The van der Waals surface area contributed by atoms with E-state index < -0.39 is 0 Å². The number of hydrogen-bond acceptors (Lipinski definition) is 3. The van der Waals surface area contributed by atoms with Gasteiger partial charge in [-0.2, -0.15) is 0 Å². The van der Waals surface area contributed by atoms with Gasteiger partial charge in [0.1, 0.15) is 0 Å². The Morgan fingerprint density at radius 1 is 1.20 bits per heavy atom. The summed E-state index contributed by atoms with van der Waals surface area (Å²) in [5, 5.41) is 0.751. The summed E-state index contributed by atoms with van der Waals surface area (Å²) in [6.07, 6.45) is 0.875. The van der Waals surface area contributed by atoms with E-state index in [-0.39, 0.29) is 24.5 Å². The van der Waals surface area contributed by atoms with Crippen LogP contribution in [-0.2, 0) is 11.3 Å². The molecule has 1 aliphatic carbocycles. The average Bonchev–Trinajstić information content (AvgIpc) is 3.28. The van der Waals surface area contributed by atoms with Gasteiger partial charge in [0.25, 0.3) is 0 Å². The van der Waals surface area contributed by atoms with E-state index in [1.165, 1.54) is 0 Å². The first-order valence-electron chi connectivity index (χ1n) is 8.59. The maximum Gasteiger partial charge on any atom is 0.231 e. The molecule has 0 bridgehead atoms. The number of amides is 1. The highest BCUT2D eigenvalue weighted by atomic mass is 35.5. The summed E-state index contributed by atoms with van der Waals surface area (Å²) in [7, 11) is 0. The van der Waals surface area contributed by atoms with E-state index in [1.807, 2.05) is 54.3 Å². The van der Waals surface area contributed by atoms with Crippen molar-refractivity contribution in [2.45, 2.75) is 25.8 Å². The van der Waals surface area contributed by atoms with Crippen molar-refractivity contribution in [3.8, 4) is 11.5 Å². The zero-order valence-electron chi connectivity index (χ0n) is 14.1. The van der Waals surface area contributed by atoms with Crippen LogP contribution >= 0.6 is 11.6 Å². The van der Waals surface area contributed by atoms with Crippen LogP contribution in [0.15, 0.2) is 42.5 Å². The standard InChI is InChI=1S/C20H20ClNO3/c1-2-22(11-13-7-8-18-19(9-13)25-12-24-18)20(23)16-10-15(16)14-5-3-4-6-17(14)21/h3-9,15-16H,2,10-12H2,1H3. The predicted octanol–water partition coefficient (Wildman–Crippen LogP) is 4.22. The Bertz CT molecular complexity index is 807. The maximum absolute atomic E-state index is 12.9. The van der Waals surface area contributed by atoms with Crippen molar-refractivity contribution in [1.82, 2.24) is 4.90 Å². The fourth-order valence-corrected chi connectivity index (χ4v) is 3.70. The number of ether oxygens (including phenoxy) is 2. The zero-order chi connectivity index (χ0) is 17.4. The summed E-state index contributed by atoms with van der Waals surface area (Å²) in [6, 6.07) is 13.7. The van der Waals surface area contributed by atoms with Gasteiger partial charge in [0.05, 0.1) is 0 Å². The monoisotopic (exact) mass is 357 g/mol. The zero-order valence-corrected chi connectivity index (χ0v) is 14.8. The van der Waals surface area contributed by atoms with E-state index in [1.54, 1.807) is 0 Å². The summed E-state index contributed by atoms with van der Waals surface area (Å²) in [6.45, 7) is 3.53. The van der Waals surface area contributed by atoms with Crippen LogP contribution in [0.2, 0.25) is 5.02 Å². The van der Waals surface area contributed by atoms with Crippen molar-refractivity contribution in [2.24, 2.45) is 5.92 Å². The van der Waals surface area contributed by atoms with E-state index in [2.05, 4.69) is 0 Å². The predicted molar refractivity (Wildman–Crippen MR) is 96.0 cm³/mol. The van der Waals surface area contributed by atoms with Gasteiger partial charge in [-0.15, -0.1) is 0 Å². The van der Waals surface area contributed by atoms with Crippen molar-refractivity contribution in [1.29, 1.82) is 0 Å². The van der Waals surface area contributed by atoms with Gasteiger partial charge in [0.15, 0.2) is 11.5 Å². The molecule has 2 aromatic rings. The minimum Gasteiger partial charge on any atom is -0.454 e. The number of fused-ring (bicyclic) bond motifs is 1. The molecule has 2 unspecified atom stereocenters. The lowest BCUT2D eigenvalue weighted by molar-refractivity contribution is -0.133. The minimum absolute atomic E-state index is 0.0360. The third kappa shape index (κ3) is 3.19. The van der Waals surface area contributed by atoms with Gasteiger partial charge in [0, 0.05) is 24.0 Å². The first kappa shape index (κ1) is 16.3. The third-order valence-corrected chi connectivity index (χ3v) is 5.26. The van der Waals surface area contributed by atoms with Gasteiger partial charge in [-0.25, -0.2) is 0 Å². The van der Waals surface area contributed by atoms with Crippen LogP contribution in [0.25, 0.3) is 0 Å². The van der Waals surface area contributed by atoms with Gasteiger partial charge in [-0.1, -0.05) is 35.9 Å². The number of benzene rings is 2. The van der Waals surface area contributed by atoms with E-state index in [0.29, 0.717) is 13.1 Å². The first-order valence-corrected chi connectivity index (χ1v) is 8.97. The van der Waals surface area contributed by atoms with Gasteiger partial charge < -0.3 is 14.4 Å². The quantitative estimate of drug-likeness (QED) is 0.804. The summed E-state index contributed by atoms with van der Waals surface area (Å²) in [5.74, 6) is 1.99.